The number of benzene rings is 1. The lowest BCUT2D eigenvalue weighted by atomic mass is 10.1. The van der Waals surface area contributed by atoms with Gasteiger partial charge in [-0.2, -0.15) is 0 Å². The number of ether oxygens (including phenoxy) is 1. The van der Waals surface area contributed by atoms with Crippen LogP contribution in [0.3, 0.4) is 0 Å². The van der Waals surface area contributed by atoms with E-state index in [0.29, 0.717) is 6.61 Å². The third-order valence-corrected chi connectivity index (χ3v) is 4.00. The van der Waals surface area contributed by atoms with E-state index < -0.39 is 0 Å². The molecular formula is C16H25BrN2O2. The van der Waals surface area contributed by atoms with Gasteiger partial charge in [-0.15, -0.1) is 0 Å². The van der Waals surface area contributed by atoms with Crippen LogP contribution in [-0.4, -0.2) is 25.6 Å². The summed E-state index contributed by atoms with van der Waals surface area (Å²) in [6.45, 7) is 5.25. The Morgan fingerprint density at radius 3 is 2.81 bits per heavy atom. The van der Waals surface area contributed by atoms with Gasteiger partial charge in [0.2, 0.25) is 5.91 Å². The van der Waals surface area contributed by atoms with Gasteiger partial charge in [0.15, 0.2) is 0 Å². The predicted octanol–water partition coefficient (Wildman–Crippen LogP) is 3.70. The molecule has 0 aliphatic carbocycles. The molecule has 2 N–H and O–H groups in total. The van der Waals surface area contributed by atoms with Crippen LogP contribution in [0.4, 0.5) is 5.69 Å². The molecule has 0 spiro atoms. The molecule has 0 heterocycles. The van der Waals surface area contributed by atoms with Crippen molar-refractivity contribution in [1.29, 1.82) is 0 Å². The molecule has 0 saturated carbocycles. The fraction of sp³-hybridized carbons (Fsp3) is 0.562. The largest absolute Gasteiger partial charge is 0.380 e. The zero-order valence-electron chi connectivity index (χ0n) is 13.0. The Hall–Kier alpha value is -1.07. The molecule has 0 aliphatic heterocycles. The number of halogens is 1. The molecule has 0 aliphatic rings. The SMILES string of the molecule is CCCCCNC(=O)C(C)Nc1cccc(Br)c1COC. The Balaban J connectivity index is 2.59. The zero-order chi connectivity index (χ0) is 15.7. The predicted molar refractivity (Wildman–Crippen MR) is 90.5 cm³/mol. The minimum Gasteiger partial charge on any atom is -0.380 e. The number of amides is 1. The van der Waals surface area contributed by atoms with Gasteiger partial charge in [-0.25, -0.2) is 0 Å². The molecule has 1 atom stereocenters. The first-order valence-corrected chi connectivity index (χ1v) is 8.20. The van der Waals surface area contributed by atoms with Crippen molar-refractivity contribution >= 4 is 27.5 Å². The van der Waals surface area contributed by atoms with Gasteiger partial charge >= 0.3 is 0 Å². The van der Waals surface area contributed by atoms with Crippen molar-refractivity contribution in [3.05, 3.63) is 28.2 Å². The van der Waals surface area contributed by atoms with E-state index >= 15 is 0 Å². The number of unbranched alkanes of at least 4 members (excludes halogenated alkanes) is 2. The lowest BCUT2D eigenvalue weighted by Gasteiger charge is -2.18. The van der Waals surface area contributed by atoms with Crippen molar-refractivity contribution in [2.75, 3.05) is 19.0 Å². The summed E-state index contributed by atoms with van der Waals surface area (Å²) < 4.78 is 6.19. The third kappa shape index (κ3) is 6.06. The molecule has 118 valence electrons. The quantitative estimate of drug-likeness (QED) is 0.663. The highest BCUT2D eigenvalue weighted by Crippen LogP contribution is 2.26. The van der Waals surface area contributed by atoms with Crippen LogP contribution in [-0.2, 0) is 16.1 Å². The number of nitrogens with one attached hydrogen (secondary N) is 2. The van der Waals surface area contributed by atoms with Crippen molar-refractivity contribution in [1.82, 2.24) is 5.32 Å². The fourth-order valence-electron chi connectivity index (χ4n) is 2.02. The highest BCUT2D eigenvalue weighted by Gasteiger charge is 2.14. The molecule has 0 saturated heterocycles. The van der Waals surface area contributed by atoms with Gasteiger partial charge in [0.05, 0.1) is 6.61 Å². The number of methoxy groups -OCH3 is 1. The average Bonchev–Trinajstić information content (AvgIpc) is 2.47. The van der Waals surface area contributed by atoms with E-state index in [0.717, 1.165) is 41.5 Å². The number of hydrogen-bond donors (Lipinski definition) is 2. The molecule has 0 aromatic heterocycles. The topological polar surface area (TPSA) is 50.4 Å². The summed E-state index contributed by atoms with van der Waals surface area (Å²) in [6.07, 6.45) is 3.33. The Kier molecular flexibility index (Phi) is 8.38. The molecule has 0 fully saturated rings. The second-order valence-corrected chi connectivity index (χ2v) is 5.92. The molecule has 1 aromatic rings. The molecule has 1 rings (SSSR count). The minimum absolute atomic E-state index is 0.0226. The van der Waals surface area contributed by atoms with Gasteiger partial charge in [-0.05, 0) is 25.5 Å². The first-order chi connectivity index (χ1) is 10.1. The van der Waals surface area contributed by atoms with Crippen molar-refractivity contribution < 1.29 is 9.53 Å². The normalized spacial score (nSPS) is 12.0. The van der Waals surface area contributed by atoms with Crippen molar-refractivity contribution in [2.45, 2.75) is 45.8 Å². The molecule has 1 unspecified atom stereocenters. The van der Waals surface area contributed by atoms with Crippen LogP contribution in [0.2, 0.25) is 0 Å². The monoisotopic (exact) mass is 356 g/mol. The molecule has 1 aromatic carbocycles. The highest BCUT2D eigenvalue weighted by molar-refractivity contribution is 9.10. The highest BCUT2D eigenvalue weighted by atomic mass is 79.9. The van der Waals surface area contributed by atoms with Crippen molar-refractivity contribution in [3.63, 3.8) is 0 Å². The summed E-state index contributed by atoms with van der Waals surface area (Å²) in [6, 6.07) is 5.59. The number of anilines is 1. The van der Waals surface area contributed by atoms with Crippen LogP contribution in [0.15, 0.2) is 22.7 Å². The van der Waals surface area contributed by atoms with E-state index in [-0.39, 0.29) is 11.9 Å². The van der Waals surface area contributed by atoms with Crippen LogP contribution in [0.25, 0.3) is 0 Å². The summed E-state index contributed by atoms with van der Waals surface area (Å²) in [5.74, 6) is 0.0226. The summed E-state index contributed by atoms with van der Waals surface area (Å²) in [5, 5.41) is 6.21. The molecule has 4 nitrogen and oxygen atoms in total. The van der Waals surface area contributed by atoms with E-state index in [9.17, 15) is 4.79 Å². The smallest absolute Gasteiger partial charge is 0.242 e. The molecule has 0 bridgehead atoms. The van der Waals surface area contributed by atoms with E-state index in [1.54, 1.807) is 7.11 Å². The standard InChI is InChI=1S/C16H25BrN2O2/c1-4-5-6-10-18-16(20)12(2)19-15-9-7-8-14(17)13(15)11-21-3/h7-9,12,19H,4-6,10-11H2,1-3H3,(H,18,20). The Labute approximate surface area is 135 Å². The van der Waals surface area contributed by atoms with Crippen LogP contribution in [0.5, 0.6) is 0 Å². The van der Waals surface area contributed by atoms with Gasteiger partial charge in [-0.3, -0.25) is 4.79 Å². The Morgan fingerprint density at radius 1 is 1.38 bits per heavy atom. The molecule has 1 amide bonds. The Bertz CT molecular complexity index is 452. The molecule has 5 heteroatoms. The zero-order valence-corrected chi connectivity index (χ0v) is 14.6. The maximum absolute atomic E-state index is 12.0. The van der Waals surface area contributed by atoms with Crippen LogP contribution in [0, 0.1) is 0 Å². The molecular weight excluding hydrogens is 332 g/mol. The maximum atomic E-state index is 12.0. The van der Waals surface area contributed by atoms with Gasteiger partial charge in [0.25, 0.3) is 0 Å². The fourth-order valence-corrected chi connectivity index (χ4v) is 2.50. The first kappa shape index (κ1) is 18.0. The molecule has 21 heavy (non-hydrogen) atoms. The first-order valence-electron chi connectivity index (χ1n) is 7.40. The maximum Gasteiger partial charge on any atom is 0.242 e. The summed E-state index contributed by atoms with van der Waals surface area (Å²) >= 11 is 3.51. The van der Waals surface area contributed by atoms with Crippen molar-refractivity contribution in [2.24, 2.45) is 0 Å². The van der Waals surface area contributed by atoms with Crippen molar-refractivity contribution in [3.8, 4) is 0 Å². The van der Waals surface area contributed by atoms with Crippen LogP contribution in [0.1, 0.15) is 38.7 Å². The lowest BCUT2D eigenvalue weighted by molar-refractivity contribution is -0.121. The van der Waals surface area contributed by atoms with Gasteiger partial charge in [0.1, 0.15) is 6.04 Å². The average molecular weight is 357 g/mol. The molecule has 0 radical (unpaired) electrons. The van der Waals surface area contributed by atoms with Crippen LogP contribution < -0.4 is 10.6 Å². The van der Waals surface area contributed by atoms with Gasteiger partial charge in [0, 0.05) is 29.4 Å². The second-order valence-electron chi connectivity index (χ2n) is 5.06. The summed E-state index contributed by atoms with van der Waals surface area (Å²) in [4.78, 5) is 12.0. The van der Waals surface area contributed by atoms with E-state index in [2.05, 4.69) is 33.5 Å². The number of carbonyl (C=O) groups is 1. The van der Waals surface area contributed by atoms with Crippen LogP contribution >= 0.6 is 15.9 Å². The summed E-state index contributed by atoms with van der Waals surface area (Å²) in [5.41, 5.74) is 1.94. The number of hydrogen-bond acceptors (Lipinski definition) is 3. The Morgan fingerprint density at radius 2 is 2.14 bits per heavy atom. The lowest BCUT2D eigenvalue weighted by Crippen LogP contribution is -2.38. The third-order valence-electron chi connectivity index (χ3n) is 3.25. The van der Waals surface area contributed by atoms with Gasteiger partial charge < -0.3 is 15.4 Å². The van der Waals surface area contributed by atoms with Gasteiger partial charge in [-0.1, -0.05) is 41.8 Å². The van der Waals surface area contributed by atoms with E-state index in [1.165, 1.54) is 0 Å². The van der Waals surface area contributed by atoms with E-state index in [1.807, 2.05) is 25.1 Å². The van der Waals surface area contributed by atoms with E-state index in [4.69, 9.17) is 4.74 Å². The summed E-state index contributed by atoms with van der Waals surface area (Å²) in [7, 11) is 1.66. The number of carbonyl (C=O) groups excluding carboxylic acids is 1. The number of rotatable bonds is 9. The minimum atomic E-state index is -0.281. The second kappa shape index (κ2) is 9.79.